The summed E-state index contributed by atoms with van der Waals surface area (Å²) in [5.41, 5.74) is 3.57. The second-order valence-electron chi connectivity index (χ2n) is 6.73. The molecule has 1 aliphatic heterocycles. The topological polar surface area (TPSA) is 41.1 Å². The molecule has 0 bridgehead atoms. The Morgan fingerprint density at radius 3 is 2.87 bits per heavy atom. The van der Waals surface area contributed by atoms with Crippen LogP contribution in [0.4, 0.5) is 11.8 Å². The molecular formula is C19H26N4. The molecule has 1 atom stereocenters. The van der Waals surface area contributed by atoms with Gasteiger partial charge in [-0.3, -0.25) is 0 Å². The SMILES string of the molecule is Cc1cccc(CNc2cc(C)nc(N3CCCC(C)C3)n2)c1. The minimum absolute atomic E-state index is 0.719. The predicted octanol–water partition coefficient (Wildman–Crippen LogP) is 3.94. The number of piperidine rings is 1. The Labute approximate surface area is 139 Å². The highest BCUT2D eigenvalue weighted by atomic mass is 15.3. The normalized spacial score (nSPS) is 18.0. The maximum atomic E-state index is 4.73. The van der Waals surface area contributed by atoms with Crippen molar-refractivity contribution in [3.8, 4) is 0 Å². The molecule has 0 aliphatic carbocycles. The van der Waals surface area contributed by atoms with Gasteiger partial charge in [-0.25, -0.2) is 4.98 Å². The molecule has 1 aromatic heterocycles. The fourth-order valence-electron chi connectivity index (χ4n) is 3.17. The Kier molecular flexibility index (Phi) is 4.79. The Hall–Kier alpha value is -2.10. The van der Waals surface area contributed by atoms with E-state index in [-0.39, 0.29) is 0 Å². The maximum Gasteiger partial charge on any atom is 0.227 e. The van der Waals surface area contributed by atoms with Gasteiger partial charge < -0.3 is 10.2 Å². The molecule has 0 saturated carbocycles. The first-order chi connectivity index (χ1) is 11.1. The van der Waals surface area contributed by atoms with Crippen molar-refractivity contribution in [3.05, 3.63) is 47.2 Å². The van der Waals surface area contributed by atoms with Crippen LogP contribution in [0.25, 0.3) is 0 Å². The number of hydrogen-bond acceptors (Lipinski definition) is 4. The number of aromatic nitrogens is 2. The molecule has 4 heteroatoms. The van der Waals surface area contributed by atoms with E-state index < -0.39 is 0 Å². The standard InChI is InChI=1S/C19H26N4/c1-14-6-4-8-17(10-14)12-20-18-11-16(3)21-19(22-18)23-9-5-7-15(2)13-23/h4,6,8,10-11,15H,5,7,9,12-13H2,1-3H3,(H,20,21,22). The summed E-state index contributed by atoms with van der Waals surface area (Å²) in [4.78, 5) is 11.7. The van der Waals surface area contributed by atoms with Crippen LogP contribution in [0, 0.1) is 19.8 Å². The van der Waals surface area contributed by atoms with Gasteiger partial charge in [-0.15, -0.1) is 0 Å². The summed E-state index contributed by atoms with van der Waals surface area (Å²) in [5.74, 6) is 2.49. The summed E-state index contributed by atoms with van der Waals surface area (Å²) in [6, 6.07) is 10.6. The van der Waals surface area contributed by atoms with E-state index in [2.05, 4.69) is 53.3 Å². The summed E-state index contributed by atoms with van der Waals surface area (Å²) in [5, 5.41) is 3.44. The minimum atomic E-state index is 0.719. The van der Waals surface area contributed by atoms with Crippen molar-refractivity contribution < 1.29 is 0 Å². The van der Waals surface area contributed by atoms with Gasteiger partial charge in [0.25, 0.3) is 0 Å². The molecule has 23 heavy (non-hydrogen) atoms. The zero-order valence-electron chi connectivity index (χ0n) is 14.3. The molecule has 1 fully saturated rings. The lowest BCUT2D eigenvalue weighted by molar-refractivity contribution is 0.442. The van der Waals surface area contributed by atoms with E-state index in [0.717, 1.165) is 43.0 Å². The van der Waals surface area contributed by atoms with Gasteiger partial charge in [0.2, 0.25) is 5.95 Å². The number of rotatable bonds is 4. The zero-order valence-corrected chi connectivity index (χ0v) is 14.3. The molecule has 2 heterocycles. The van der Waals surface area contributed by atoms with E-state index in [1.165, 1.54) is 24.0 Å². The first-order valence-electron chi connectivity index (χ1n) is 8.50. The average Bonchev–Trinajstić information content (AvgIpc) is 2.52. The number of nitrogens with one attached hydrogen (secondary N) is 1. The summed E-state index contributed by atoms with van der Waals surface area (Å²) in [6.07, 6.45) is 2.53. The Bertz CT molecular complexity index is 668. The third kappa shape index (κ3) is 4.21. The Morgan fingerprint density at radius 1 is 1.22 bits per heavy atom. The third-order valence-electron chi connectivity index (χ3n) is 4.34. The number of benzene rings is 1. The van der Waals surface area contributed by atoms with Crippen molar-refractivity contribution in [1.82, 2.24) is 9.97 Å². The van der Waals surface area contributed by atoms with Gasteiger partial charge in [0.15, 0.2) is 0 Å². The molecule has 0 radical (unpaired) electrons. The third-order valence-corrected chi connectivity index (χ3v) is 4.34. The Morgan fingerprint density at radius 2 is 2.09 bits per heavy atom. The summed E-state index contributed by atoms with van der Waals surface area (Å²) >= 11 is 0. The number of aryl methyl sites for hydroxylation is 2. The summed E-state index contributed by atoms with van der Waals surface area (Å²) in [6.45, 7) is 9.36. The van der Waals surface area contributed by atoms with Crippen molar-refractivity contribution in [3.63, 3.8) is 0 Å². The van der Waals surface area contributed by atoms with Gasteiger partial charge in [-0.1, -0.05) is 36.8 Å². The van der Waals surface area contributed by atoms with Crippen LogP contribution in [-0.2, 0) is 6.54 Å². The van der Waals surface area contributed by atoms with E-state index in [1.54, 1.807) is 0 Å². The second-order valence-corrected chi connectivity index (χ2v) is 6.73. The van der Waals surface area contributed by atoms with Crippen LogP contribution in [0.1, 0.15) is 36.6 Å². The van der Waals surface area contributed by atoms with Gasteiger partial charge in [0.05, 0.1) is 0 Å². The van der Waals surface area contributed by atoms with Crippen LogP contribution < -0.4 is 10.2 Å². The molecular weight excluding hydrogens is 284 g/mol. The first kappa shape index (κ1) is 15.8. The van der Waals surface area contributed by atoms with Crippen LogP contribution in [-0.4, -0.2) is 23.1 Å². The molecule has 0 amide bonds. The maximum absolute atomic E-state index is 4.73. The molecule has 1 aliphatic rings. The van der Waals surface area contributed by atoms with E-state index in [9.17, 15) is 0 Å². The molecule has 3 rings (SSSR count). The number of anilines is 2. The lowest BCUT2D eigenvalue weighted by atomic mass is 10.0. The fraction of sp³-hybridized carbons (Fsp3) is 0.474. The van der Waals surface area contributed by atoms with E-state index in [0.29, 0.717) is 0 Å². The second kappa shape index (κ2) is 6.99. The van der Waals surface area contributed by atoms with Gasteiger partial charge in [-0.05, 0) is 38.2 Å². The quantitative estimate of drug-likeness (QED) is 0.928. The molecule has 4 nitrogen and oxygen atoms in total. The van der Waals surface area contributed by atoms with Crippen molar-refractivity contribution in [2.24, 2.45) is 5.92 Å². The van der Waals surface area contributed by atoms with Crippen LogP contribution >= 0.6 is 0 Å². The van der Waals surface area contributed by atoms with E-state index in [4.69, 9.17) is 4.98 Å². The van der Waals surface area contributed by atoms with Crippen molar-refractivity contribution >= 4 is 11.8 Å². The van der Waals surface area contributed by atoms with Gasteiger partial charge in [-0.2, -0.15) is 4.98 Å². The number of nitrogens with zero attached hydrogens (tertiary/aromatic N) is 3. The molecule has 1 saturated heterocycles. The van der Waals surface area contributed by atoms with Gasteiger partial charge in [0, 0.05) is 31.4 Å². The summed E-state index contributed by atoms with van der Waals surface area (Å²) < 4.78 is 0. The predicted molar refractivity (Wildman–Crippen MR) is 95.9 cm³/mol. The molecule has 2 aromatic rings. The highest BCUT2D eigenvalue weighted by Crippen LogP contribution is 2.21. The van der Waals surface area contributed by atoms with Crippen LogP contribution in [0.15, 0.2) is 30.3 Å². The molecule has 1 N–H and O–H groups in total. The highest BCUT2D eigenvalue weighted by molar-refractivity contribution is 5.44. The largest absolute Gasteiger partial charge is 0.366 e. The monoisotopic (exact) mass is 310 g/mol. The number of hydrogen-bond donors (Lipinski definition) is 1. The van der Waals surface area contributed by atoms with E-state index >= 15 is 0 Å². The summed E-state index contributed by atoms with van der Waals surface area (Å²) in [7, 11) is 0. The smallest absolute Gasteiger partial charge is 0.227 e. The van der Waals surface area contributed by atoms with Crippen molar-refractivity contribution in [2.75, 3.05) is 23.3 Å². The van der Waals surface area contributed by atoms with Crippen LogP contribution in [0.3, 0.4) is 0 Å². The van der Waals surface area contributed by atoms with Crippen molar-refractivity contribution in [2.45, 2.75) is 40.2 Å². The lowest BCUT2D eigenvalue weighted by Crippen LogP contribution is -2.35. The molecule has 1 unspecified atom stereocenters. The van der Waals surface area contributed by atoms with Crippen LogP contribution in [0.5, 0.6) is 0 Å². The van der Waals surface area contributed by atoms with Gasteiger partial charge in [0.1, 0.15) is 5.82 Å². The lowest BCUT2D eigenvalue weighted by Gasteiger charge is -2.31. The van der Waals surface area contributed by atoms with Gasteiger partial charge >= 0.3 is 0 Å². The van der Waals surface area contributed by atoms with Crippen molar-refractivity contribution in [1.29, 1.82) is 0 Å². The molecule has 0 spiro atoms. The first-order valence-corrected chi connectivity index (χ1v) is 8.50. The van der Waals surface area contributed by atoms with Crippen LogP contribution in [0.2, 0.25) is 0 Å². The minimum Gasteiger partial charge on any atom is -0.366 e. The molecule has 1 aromatic carbocycles. The zero-order chi connectivity index (χ0) is 16.2. The highest BCUT2D eigenvalue weighted by Gasteiger charge is 2.19. The Balaban J connectivity index is 1.72. The fourth-order valence-corrected chi connectivity index (χ4v) is 3.17. The average molecular weight is 310 g/mol. The van der Waals surface area contributed by atoms with E-state index in [1.807, 2.05) is 13.0 Å². The molecule has 122 valence electrons.